The lowest BCUT2D eigenvalue weighted by Gasteiger charge is -2.06. The van der Waals surface area contributed by atoms with Gasteiger partial charge in [0.1, 0.15) is 5.75 Å². The first-order valence-corrected chi connectivity index (χ1v) is 6.50. The van der Waals surface area contributed by atoms with Crippen molar-refractivity contribution in [1.29, 1.82) is 5.26 Å². The number of benzene rings is 2. The quantitative estimate of drug-likeness (QED) is 0.601. The minimum absolute atomic E-state index is 0.639. The monoisotopic (exact) mass is 261 g/mol. The zero-order valence-electron chi connectivity index (χ0n) is 11.2. The van der Waals surface area contributed by atoms with Gasteiger partial charge in [0.2, 0.25) is 0 Å². The van der Waals surface area contributed by atoms with Crippen molar-refractivity contribution in [3.63, 3.8) is 0 Å². The van der Waals surface area contributed by atoms with E-state index in [4.69, 9.17) is 16.4 Å². The molecule has 0 radical (unpaired) electrons. The van der Waals surface area contributed by atoms with Crippen LogP contribution >= 0.6 is 0 Å². The first kappa shape index (κ1) is 13.7. The number of nitrogens with zero attached hydrogens (tertiary/aromatic N) is 1. The van der Waals surface area contributed by atoms with Gasteiger partial charge in [0.15, 0.2) is 0 Å². The molecule has 2 aromatic rings. The van der Waals surface area contributed by atoms with E-state index >= 15 is 0 Å². The SMILES string of the molecule is C#CCCCOc1ccc(-c2ccc(C#N)cc2)cc1. The molecule has 2 nitrogen and oxygen atoms in total. The molecule has 0 amide bonds. The Balaban J connectivity index is 2.00. The van der Waals surface area contributed by atoms with Gasteiger partial charge in [-0.1, -0.05) is 24.3 Å². The Hall–Kier alpha value is -2.71. The first-order chi connectivity index (χ1) is 9.83. The Bertz CT molecular complexity index is 627. The predicted octanol–water partition coefficient (Wildman–Crippen LogP) is 4.02. The average molecular weight is 261 g/mol. The number of unbranched alkanes of at least 4 members (excludes halogenated alkanes) is 1. The molecule has 0 aliphatic heterocycles. The number of terminal acetylenes is 1. The Morgan fingerprint density at radius 3 is 2.10 bits per heavy atom. The summed E-state index contributed by atoms with van der Waals surface area (Å²) in [6.45, 7) is 0.639. The lowest BCUT2D eigenvalue weighted by atomic mass is 10.0. The van der Waals surface area contributed by atoms with Crippen molar-refractivity contribution in [2.24, 2.45) is 0 Å². The minimum Gasteiger partial charge on any atom is -0.494 e. The second kappa shape index (κ2) is 7.02. The molecule has 0 aromatic heterocycles. The lowest BCUT2D eigenvalue weighted by molar-refractivity contribution is 0.313. The molecule has 0 saturated heterocycles. The maximum absolute atomic E-state index is 8.78. The van der Waals surface area contributed by atoms with Crippen LogP contribution in [-0.4, -0.2) is 6.61 Å². The summed E-state index contributed by atoms with van der Waals surface area (Å²) in [5.74, 6) is 3.44. The Kier molecular flexibility index (Phi) is 4.81. The van der Waals surface area contributed by atoms with E-state index in [0.29, 0.717) is 12.2 Å². The number of hydrogen-bond acceptors (Lipinski definition) is 2. The van der Waals surface area contributed by atoms with Gasteiger partial charge in [-0.3, -0.25) is 0 Å². The van der Waals surface area contributed by atoms with E-state index in [1.54, 1.807) is 0 Å². The van der Waals surface area contributed by atoms with Gasteiger partial charge >= 0.3 is 0 Å². The van der Waals surface area contributed by atoms with Crippen LogP contribution in [-0.2, 0) is 0 Å². The molecule has 0 atom stereocenters. The average Bonchev–Trinajstić information content (AvgIpc) is 2.52. The molecule has 0 unspecified atom stereocenters. The van der Waals surface area contributed by atoms with Crippen LogP contribution in [0.2, 0.25) is 0 Å². The van der Waals surface area contributed by atoms with Crippen LogP contribution in [0.3, 0.4) is 0 Å². The Labute approximate surface area is 119 Å². The summed E-state index contributed by atoms with van der Waals surface area (Å²) in [5.41, 5.74) is 2.86. The molecule has 0 spiro atoms. The van der Waals surface area contributed by atoms with Gasteiger partial charge in [-0.25, -0.2) is 0 Å². The molecule has 0 aliphatic rings. The zero-order valence-corrected chi connectivity index (χ0v) is 11.2. The molecule has 0 heterocycles. The summed E-state index contributed by atoms with van der Waals surface area (Å²) in [4.78, 5) is 0. The van der Waals surface area contributed by atoms with Crippen molar-refractivity contribution in [2.75, 3.05) is 6.61 Å². The van der Waals surface area contributed by atoms with E-state index in [0.717, 1.165) is 29.7 Å². The van der Waals surface area contributed by atoms with Crippen LogP contribution in [0.25, 0.3) is 11.1 Å². The molecule has 0 bridgehead atoms. The van der Waals surface area contributed by atoms with E-state index in [2.05, 4.69) is 12.0 Å². The van der Waals surface area contributed by atoms with Gasteiger partial charge < -0.3 is 4.74 Å². The number of ether oxygens (including phenoxy) is 1. The van der Waals surface area contributed by atoms with Crippen molar-refractivity contribution < 1.29 is 4.74 Å². The molecule has 2 rings (SSSR count). The fourth-order valence-electron chi connectivity index (χ4n) is 1.85. The summed E-state index contributed by atoms with van der Waals surface area (Å²) in [7, 11) is 0. The van der Waals surface area contributed by atoms with Crippen molar-refractivity contribution in [2.45, 2.75) is 12.8 Å². The second-order valence-corrected chi connectivity index (χ2v) is 4.37. The number of nitriles is 1. The molecule has 98 valence electrons. The lowest BCUT2D eigenvalue weighted by Crippen LogP contribution is -1.96. The number of hydrogen-bond donors (Lipinski definition) is 0. The summed E-state index contributed by atoms with van der Waals surface area (Å²) in [6.07, 6.45) is 6.80. The van der Waals surface area contributed by atoms with Crippen molar-refractivity contribution in [3.8, 4) is 35.3 Å². The molecule has 0 fully saturated rings. The molecule has 0 saturated carbocycles. The molecule has 2 aromatic carbocycles. The van der Waals surface area contributed by atoms with Crippen LogP contribution in [0.4, 0.5) is 0 Å². The van der Waals surface area contributed by atoms with Crippen LogP contribution < -0.4 is 4.74 Å². The molecule has 0 aliphatic carbocycles. The predicted molar refractivity (Wildman–Crippen MR) is 80.2 cm³/mol. The minimum atomic E-state index is 0.639. The Morgan fingerprint density at radius 2 is 1.55 bits per heavy atom. The third-order valence-corrected chi connectivity index (χ3v) is 2.94. The largest absolute Gasteiger partial charge is 0.494 e. The van der Waals surface area contributed by atoms with Gasteiger partial charge in [0.05, 0.1) is 18.2 Å². The van der Waals surface area contributed by atoms with Gasteiger partial charge in [0.25, 0.3) is 0 Å². The van der Waals surface area contributed by atoms with Crippen molar-refractivity contribution in [1.82, 2.24) is 0 Å². The van der Waals surface area contributed by atoms with E-state index in [9.17, 15) is 0 Å². The van der Waals surface area contributed by atoms with Crippen molar-refractivity contribution >= 4 is 0 Å². The fraction of sp³-hybridized carbons (Fsp3) is 0.167. The van der Waals surface area contributed by atoms with Crippen LogP contribution in [0.5, 0.6) is 5.75 Å². The van der Waals surface area contributed by atoms with E-state index < -0.39 is 0 Å². The molecule has 20 heavy (non-hydrogen) atoms. The molecule has 0 N–H and O–H groups in total. The maximum atomic E-state index is 8.78. The van der Waals surface area contributed by atoms with Gasteiger partial charge in [-0.05, 0) is 41.8 Å². The van der Waals surface area contributed by atoms with Gasteiger partial charge in [-0.2, -0.15) is 5.26 Å². The topological polar surface area (TPSA) is 33.0 Å². The highest BCUT2D eigenvalue weighted by atomic mass is 16.5. The van der Waals surface area contributed by atoms with Gasteiger partial charge in [-0.15, -0.1) is 12.3 Å². The highest BCUT2D eigenvalue weighted by Crippen LogP contribution is 2.22. The molecular formula is C18H15NO. The van der Waals surface area contributed by atoms with E-state index in [1.165, 1.54) is 0 Å². The van der Waals surface area contributed by atoms with Crippen LogP contribution in [0, 0.1) is 23.7 Å². The summed E-state index contributed by atoms with van der Waals surface area (Å²) in [6, 6.07) is 17.6. The second-order valence-electron chi connectivity index (χ2n) is 4.37. The summed E-state index contributed by atoms with van der Waals surface area (Å²) in [5, 5.41) is 8.78. The van der Waals surface area contributed by atoms with E-state index in [1.807, 2.05) is 48.5 Å². The normalized spacial score (nSPS) is 9.50. The Morgan fingerprint density at radius 1 is 0.950 bits per heavy atom. The summed E-state index contributed by atoms with van der Waals surface area (Å²) < 4.78 is 5.60. The third kappa shape index (κ3) is 3.64. The van der Waals surface area contributed by atoms with Crippen LogP contribution in [0.1, 0.15) is 18.4 Å². The standard InChI is InChI=1S/C18H15NO/c1-2-3-4-13-20-18-11-9-17(10-12-18)16-7-5-15(14-19)6-8-16/h1,5-12H,3-4,13H2. The highest BCUT2D eigenvalue weighted by Gasteiger charge is 1.99. The highest BCUT2D eigenvalue weighted by molar-refractivity contribution is 5.64. The number of rotatable bonds is 5. The van der Waals surface area contributed by atoms with Gasteiger partial charge in [0, 0.05) is 6.42 Å². The molecule has 2 heteroatoms. The third-order valence-electron chi connectivity index (χ3n) is 2.94. The molecular weight excluding hydrogens is 246 g/mol. The van der Waals surface area contributed by atoms with Crippen LogP contribution in [0.15, 0.2) is 48.5 Å². The first-order valence-electron chi connectivity index (χ1n) is 6.50. The zero-order chi connectivity index (χ0) is 14.2. The summed E-state index contributed by atoms with van der Waals surface area (Å²) >= 11 is 0. The van der Waals surface area contributed by atoms with E-state index in [-0.39, 0.29) is 0 Å². The maximum Gasteiger partial charge on any atom is 0.119 e. The van der Waals surface area contributed by atoms with Crippen molar-refractivity contribution in [3.05, 3.63) is 54.1 Å². The fourth-order valence-corrected chi connectivity index (χ4v) is 1.85. The smallest absolute Gasteiger partial charge is 0.119 e.